The van der Waals surface area contributed by atoms with E-state index in [9.17, 15) is 4.79 Å². The summed E-state index contributed by atoms with van der Waals surface area (Å²) in [4.78, 5) is 14.9. The lowest BCUT2D eigenvalue weighted by atomic mass is 9.69. The molecule has 2 N–H and O–H groups in total. The van der Waals surface area contributed by atoms with Crippen LogP contribution in [0.15, 0.2) is 0 Å². The zero-order chi connectivity index (χ0) is 14.1. The fourth-order valence-electron chi connectivity index (χ4n) is 4.36. The van der Waals surface area contributed by atoms with E-state index in [4.69, 9.17) is 10.5 Å². The molecule has 21 heavy (non-hydrogen) atoms. The minimum atomic E-state index is -0.661. The normalized spacial score (nSPS) is 28.0. The summed E-state index contributed by atoms with van der Waals surface area (Å²) in [6.07, 6.45) is 10.5. The summed E-state index contributed by atoms with van der Waals surface area (Å²) in [7, 11) is 0. The zero-order valence-corrected chi connectivity index (χ0v) is 13.8. The summed E-state index contributed by atoms with van der Waals surface area (Å²) in [5, 5.41) is 0. The van der Waals surface area contributed by atoms with Gasteiger partial charge in [-0.05, 0) is 43.9 Å². The minimum Gasteiger partial charge on any atom is -0.381 e. The lowest BCUT2D eigenvalue weighted by Gasteiger charge is -2.47. The van der Waals surface area contributed by atoms with Crippen molar-refractivity contribution in [2.24, 2.45) is 11.1 Å². The van der Waals surface area contributed by atoms with Gasteiger partial charge in [-0.1, -0.05) is 19.3 Å². The summed E-state index contributed by atoms with van der Waals surface area (Å²) in [6, 6.07) is 0. The van der Waals surface area contributed by atoms with Crippen LogP contribution in [0.25, 0.3) is 0 Å². The van der Waals surface area contributed by atoms with Gasteiger partial charge >= 0.3 is 0 Å². The van der Waals surface area contributed by atoms with Crippen LogP contribution in [-0.2, 0) is 9.53 Å². The molecule has 0 unspecified atom stereocenters. The van der Waals surface area contributed by atoms with E-state index in [2.05, 4.69) is 4.90 Å². The Balaban J connectivity index is 0.00000161. The van der Waals surface area contributed by atoms with Crippen LogP contribution in [-0.4, -0.2) is 42.6 Å². The van der Waals surface area contributed by atoms with Crippen molar-refractivity contribution >= 4 is 18.3 Å². The highest BCUT2D eigenvalue weighted by Crippen LogP contribution is 2.43. The van der Waals surface area contributed by atoms with Crippen LogP contribution in [0, 0.1) is 5.41 Å². The first-order valence-corrected chi connectivity index (χ1v) is 8.30. The first-order chi connectivity index (χ1) is 9.64. The molecule has 1 saturated carbocycles. The van der Waals surface area contributed by atoms with Gasteiger partial charge in [0.1, 0.15) is 0 Å². The van der Waals surface area contributed by atoms with Crippen LogP contribution in [0.4, 0.5) is 0 Å². The molecule has 122 valence electrons. The van der Waals surface area contributed by atoms with E-state index < -0.39 is 5.54 Å². The standard InChI is InChI=1S/C16H28N2O2.ClH/c17-16(8-11-20-12-9-16)14(19)18-10-4-7-15(13-18)5-2-1-3-6-15;/h1-13,17H2;1H. The molecule has 0 atom stereocenters. The van der Waals surface area contributed by atoms with Gasteiger partial charge in [0.25, 0.3) is 0 Å². The largest absolute Gasteiger partial charge is 0.381 e. The maximum atomic E-state index is 12.8. The Bertz CT molecular complexity index is 358. The van der Waals surface area contributed by atoms with Gasteiger partial charge < -0.3 is 15.4 Å². The van der Waals surface area contributed by atoms with Gasteiger partial charge in [0.2, 0.25) is 5.91 Å². The van der Waals surface area contributed by atoms with Crippen molar-refractivity contribution in [3.8, 4) is 0 Å². The highest BCUT2D eigenvalue weighted by molar-refractivity contribution is 5.86. The number of hydrogen-bond acceptors (Lipinski definition) is 3. The third kappa shape index (κ3) is 3.54. The lowest BCUT2D eigenvalue weighted by molar-refractivity contribution is -0.144. The monoisotopic (exact) mass is 316 g/mol. The average molecular weight is 317 g/mol. The van der Waals surface area contributed by atoms with Crippen LogP contribution in [0.2, 0.25) is 0 Å². The fourth-order valence-corrected chi connectivity index (χ4v) is 4.36. The third-order valence-corrected chi connectivity index (χ3v) is 5.67. The predicted octanol–water partition coefficient (Wildman–Crippen LogP) is 2.49. The van der Waals surface area contributed by atoms with E-state index in [1.807, 2.05) is 0 Å². The summed E-state index contributed by atoms with van der Waals surface area (Å²) in [6.45, 7) is 3.11. The quantitative estimate of drug-likeness (QED) is 0.808. The molecule has 1 amide bonds. The van der Waals surface area contributed by atoms with Gasteiger partial charge in [-0.2, -0.15) is 0 Å². The summed E-state index contributed by atoms with van der Waals surface area (Å²) in [5.41, 5.74) is 6.13. The van der Waals surface area contributed by atoms with E-state index >= 15 is 0 Å². The molecule has 1 spiro atoms. The van der Waals surface area contributed by atoms with E-state index in [1.54, 1.807) is 0 Å². The van der Waals surface area contributed by atoms with Gasteiger partial charge in [0.15, 0.2) is 0 Å². The number of amides is 1. The van der Waals surface area contributed by atoms with Crippen molar-refractivity contribution in [3.63, 3.8) is 0 Å². The highest BCUT2D eigenvalue weighted by atomic mass is 35.5. The number of halogens is 1. The highest BCUT2D eigenvalue weighted by Gasteiger charge is 2.43. The molecule has 0 aromatic carbocycles. The van der Waals surface area contributed by atoms with E-state index in [0.29, 0.717) is 31.5 Å². The molecular weight excluding hydrogens is 288 g/mol. The van der Waals surface area contributed by atoms with Crippen molar-refractivity contribution in [2.75, 3.05) is 26.3 Å². The van der Waals surface area contributed by atoms with Crippen molar-refractivity contribution in [2.45, 2.75) is 63.3 Å². The molecule has 2 aliphatic heterocycles. The van der Waals surface area contributed by atoms with E-state index in [0.717, 1.165) is 19.5 Å². The maximum Gasteiger partial charge on any atom is 0.242 e. The summed E-state index contributed by atoms with van der Waals surface area (Å²) in [5.74, 6) is 0.186. The Hall–Kier alpha value is -0.320. The second kappa shape index (κ2) is 6.84. The summed E-state index contributed by atoms with van der Waals surface area (Å²) >= 11 is 0. The molecule has 1 aliphatic carbocycles. The molecule has 2 saturated heterocycles. The molecule has 3 aliphatic rings. The van der Waals surface area contributed by atoms with Gasteiger partial charge in [0, 0.05) is 26.3 Å². The Morgan fingerprint density at radius 2 is 1.57 bits per heavy atom. The average Bonchev–Trinajstić information content (AvgIpc) is 2.48. The molecule has 2 heterocycles. The van der Waals surface area contributed by atoms with Gasteiger partial charge in [-0.25, -0.2) is 0 Å². The number of nitrogens with two attached hydrogens (primary N) is 1. The van der Waals surface area contributed by atoms with Crippen molar-refractivity contribution in [1.29, 1.82) is 0 Å². The minimum absolute atomic E-state index is 0. The van der Waals surface area contributed by atoms with Gasteiger partial charge in [0.05, 0.1) is 5.54 Å². The number of piperidine rings is 1. The number of likely N-dealkylation sites (tertiary alicyclic amines) is 1. The number of nitrogens with zero attached hydrogens (tertiary/aromatic N) is 1. The Morgan fingerprint density at radius 3 is 2.24 bits per heavy atom. The molecule has 0 aromatic heterocycles. The Labute approximate surface area is 134 Å². The van der Waals surface area contributed by atoms with Gasteiger partial charge in [-0.3, -0.25) is 4.79 Å². The number of hydrogen-bond donors (Lipinski definition) is 1. The number of carbonyl (C=O) groups is 1. The molecule has 0 aromatic rings. The van der Waals surface area contributed by atoms with Crippen molar-refractivity contribution in [3.05, 3.63) is 0 Å². The van der Waals surface area contributed by atoms with Crippen LogP contribution in [0.5, 0.6) is 0 Å². The molecular formula is C16H29ClN2O2. The SMILES string of the molecule is Cl.NC1(C(=O)N2CCCC3(CCCCC3)C2)CCOCC1. The number of ether oxygens (including phenoxy) is 1. The molecule has 0 radical (unpaired) electrons. The van der Waals surface area contributed by atoms with Crippen LogP contribution < -0.4 is 5.73 Å². The van der Waals surface area contributed by atoms with Crippen molar-refractivity contribution < 1.29 is 9.53 Å². The summed E-state index contributed by atoms with van der Waals surface area (Å²) < 4.78 is 5.36. The molecule has 0 bridgehead atoms. The molecule has 4 nitrogen and oxygen atoms in total. The maximum absolute atomic E-state index is 12.8. The first kappa shape index (κ1) is 17.0. The second-order valence-electron chi connectivity index (χ2n) is 7.16. The lowest BCUT2D eigenvalue weighted by Crippen LogP contribution is -2.60. The van der Waals surface area contributed by atoms with Crippen molar-refractivity contribution in [1.82, 2.24) is 4.90 Å². The first-order valence-electron chi connectivity index (χ1n) is 8.30. The third-order valence-electron chi connectivity index (χ3n) is 5.67. The van der Waals surface area contributed by atoms with Crippen LogP contribution in [0.3, 0.4) is 0 Å². The molecule has 3 rings (SSSR count). The topological polar surface area (TPSA) is 55.6 Å². The second-order valence-corrected chi connectivity index (χ2v) is 7.16. The van der Waals surface area contributed by atoms with Crippen LogP contribution >= 0.6 is 12.4 Å². The van der Waals surface area contributed by atoms with Crippen LogP contribution in [0.1, 0.15) is 57.8 Å². The van der Waals surface area contributed by atoms with E-state index in [1.165, 1.54) is 38.5 Å². The van der Waals surface area contributed by atoms with Gasteiger partial charge in [-0.15, -0.1) is 12.4 Å². The Morgan fingerprint density at radius 1 is 0.952 bits per heavy atom. The number of carbonyl (C=O) groups excluding carboxylic acids is 1. The zero-order valence-electron chi connectivity index (χ0n) is 12.9. The molecule has 5 heteroatoms. The van der Waals surface area contributed by atoms with E-state index in [-0.39, 0.29) is 18.3 Å². The molecule has 3 fully saturated rings. The smallest absolute Gasteiger partial charge is 0.242 e. The fraction of sp³-hybridized carbons (Fsp3) is 0.938. The predicted molar refractivity (Wildman–Crippen MR) is 85.6 cm³/mol. The Kier molecular flexibility index (Phi) is 5.55. The number of rotatable bonds is 1.